The summed E-state index contributed by atoms with van der Waals surface area (Å²) in [5.74, 6) is 0.820. The van der Waals surface area contributed by atoms with Gasteiger partial charge in [0.05, 0.1) is 12.1 Å². The van der Waals surface area contributed by atoms with Gasteiger partial charge in [0, 0.05) is 25.3 Å². The molecule has 0 saturated carbocycles. The Morgan fingerprint density at radius 2 is 2.05 bits per heavy atom. The first-order valence-electron chi connectivity index (χ1n) is 7.55. The summed E-state index contributed by atoms with van der Waals surface area (Å²) in [4.78, 5) is 2.34. The van der Waals surface area contributed by atoms with Crippen molar-refractivity contribution in [3.63, 3.8) is 0 Å². The summed E-state index contributed by atoms with van der Waals surface area (Å²) in [5.41, 5.74) is 0.913. The zero-order valence-corrected chi connectivity index (χ0v) is 12.0. The number of aliphatic hydroxyl groups excluding tert-OH is 1. The first-order valence-corrected chi connectivity index (χ1v) is 7.55. The van der Waals surface area contributed by atoms with Gasteiger partial charge in [-0.15, -0.1) is 0 Å². The van der Waals surface area contributed by atoms with Crippen molar-refractivity contribution in [1.29, 1.82) is 0 Å². The fourth-order valence-corrected chi connectivity index (χ4v) is 3.24. The first kappa shape index (κ1) is 13.9. The van der Waals surface area contributed by atoms with Gasteiger partial charge in [-0.05, 0) is 25.8 Å². The standard InChI is InChI=1S/C16H23NO3/c1-2-19-12-7-9-17(10-8-12)14-11-20-15-6-4-3-5-13(15)16(14)18/h3-6,12,14,16,18H,2,7-11H2,1H3. The van der Waals surface area contributed by atoms with Crippen LogP contribution < -0.4 is 4.74 Å². The quantitative estimate of drug-likeness (QED) is 0.917. The Morgan fingerprint density at radius 1 is 1.30 bits per heavy atom. The molecule has 1 aromatic carbocycles. The predicted molar refractivity (Wildman–Crippen MR) is 76.9 cm³/mol. The molecule has 0 radical (unpaired) electrons. The summed E-state index contributed by atoms with van der Waals surface area (Å²) < 4.78 is 11.5. The molecule has 2 unspecified atom stereocenters. The molecule has 1 N–H and O–H groups in total. The maximum absolute atomic E-state index is 10.6. The Bertz CT molecular complexity index is 443. The normalized spacial score (nSPS) is 27.9. The molecule has 1 fully saturated rings. The van der Waals surface area contributed by atoms with Crippen LogP contribution in [-0.2, 0) is 4.74 Å². The fraction of sp³-hybridized carbons (Fsp3) is 0.625. The minimum atomic E-state index is -0.455. The number of aliphatic hydroxyl groups is 1. The van der Waals surface area contributed by atoms with Crippen molar-refractivity contribution in [3.8, 4) is 5.75 Å². The van der Waals surface area contributed by atoms with Gasteiger partial charge in [0.1, 0.15) is 18.5 Å². The second-order valence-electron chi connectivity index (χ2n) is 5.55. The fourth-order valence-electron chi connectivity index (χ4n) is 3.24. The number of hydrogen-bond acceptors (Lipinski definition) is 4. The molecular formula is C16H23NO3. The molecule has 0 aromatic heterocycles. The second-order valence-corrected chi connectivity index (χ2v) is 5.55. The summed E-state index contributed by atoms with van der Waals surface area (Å²) in [5, 5.41) is 10.6. The molecule has 2 atom stereocenters. The van der Waals surface area contributed by atoms with Gasteiger partial charge in [0.2, 0.25) is 0 Å². The van der Waals surface area contributed by atoms with Gasteiger partial charge in [0.15, 0.2) is 0 Å². The Balaban J connectivity index is 1.65. The van der Waals surface area contributed by atoms with E-state index in [0.29, 0.717) is 12.7 Å². The number of likely N-dealkylation sites (tertiary alicyclic amines) is 1. The van der Waals surface area contributed by atoms with Crippen LogP contribution in [0.4, 0.5) is 0 Å². The third-order valence-corrected chi connectivity index (χ3v) is 4.36. The van der Waals surface area contributed by atoms with Crippen LogP contribution in [0.1, 0.15) is 31.4 Å². The van der Waals surface area contributed by atoms with Crippen molar-refractivity contribution < 1.29 is 14.6 Å². The molecule has 0 aliphatic carbocycles. The van der Waals surface area contributed by atoms with Crippen molar-refractivity contribution >= 4 is 0 Å². The van der Waals surface area contributed by atoms with Crippen LogP contribution in [0.3, 0.4) is 0 Å². The van der Waals surface area contributed by atoms with Crippen LogP contribution >= 0.6 is 0 Å². The number of benzene rings is 1. The summed E-state index contributed by atoms with van der Waals surface area (Å²) in [7, 11) is 0. The molecule has 110 valence electrons. The van der Waals surface area contributed by atoms with Crippen molar-refractivity contribution in [2.24, 2.45) is 0 Å². The van der Waals surface area contributed by atoms with Crippen molar-refractivity contribution in [3.05, 3.63) is 29.8 Å². The smallest absolute Gasteiger partial charge is 0.125 e. The van der Waals surface area contributed by atoms with E-state index in [4.69, 9.17) is 9.47 Å². The van der Waals surface area contributed by atoms with E-state index in [0.717, 1.165) is 43.9 Å². The van der Waals surface area contributed by atoms with Crippen LogP contribution in [0.5, 0.6) is 5.75 Å². The van der Waals surface area contributed by atoms with E-state index >= 15 is 0 Å². The molecule has 1 saturated heterocycles. The average molecular weight is 277 g/mol. The number of ether oxygens (including phenoxy) is 2. The van der Waals surface area contributed by atoms with E-state index < -0.39 is 6.10 Å². The van der Waals surface area contributed by atoms with E-state index in [1.807, 2.05) is 31.2 Å². The molecule has 0 spiro atoms. The highest BCUT2D eigenvalue weighted by molar-refractivity contribution is 5.37. The van der Waals surface area contributed by atoms with Crippen LogP contribution in [0, 0.1) is 0 Å². The van der Waals surface area contributed by atoms with Gasteiger partial charge >= 0.3 is 0 Å². The van der Waals surface area contributed by atoms with Gasteiger partial charge < -0.3 is 14.6 Å². The van der Waals surface area contributed by atoms with E-state index in [-0.39, 0.29) is 6.04 Å². The third-order valence-electron chi connectivity index (χ3n) is 4.36. The minimum absolute atomic E-state index is 0.0625. The zero-order valence-electron chi connectivity index (χ0n) is 12.0. The Kier molecular flexibility index (Phi) is 4.24. The van der Waals surface area contributed by atoms with Crippen LogP contribution in [-0.4, -0.2) is 48.5 Å². The van der Waals surface area contributed by atoms with Gasteiger partial charge in [-0.2, -0.15) is 0 Å². The van der Waals surface area contributed by atoms with Crippen LogP contribution in [0.15, 0.2) is 24.3 Å². The van der Waals surface area contributed by atoms with E-state index in [2.05, 4.69) is 4.90 Å². The number of para-hydroxylation sites is 1. The van der Waals surface area contributed by atoms with E-state index in [1.165, 1.54) is 0 Å². The molecule has 20 heavy (non-hydrogen) atoms. The summed E-state index contributed by atoms with van der Waals surface area (Å²) in [6.07, 6.45) is 2.01. The lowest BCUT2D eigenvalue weighted by Crippen LogP contribution is -2.50. The van der Waals surface area contributed by atoms with Crippen LogP contribution in [0.25, 0.3) is 0 Å². The zero-order chi connectivity index (χ0) is 13.9. The Labute approximate surface area is 120 Å². The van der Waals surface area contributed by atoms with E-state index in [1.54, 1.807) is 0 Å². The highest BCUT2D eigenvalue weighted by atomic mass is 16.5. The van der Waals surface area contributed by atoms with Gasteiger partial charge in [-0.3, -0.25) is 4.90 Å². The predicted octanol–water partition coefficient (Wildman–Crippen LogP) is 1.98. The number of hydrogen-bond donors (Lipinski definition) is 1. The molecule has 3 rings (SSSR count). The SMILES string of the molecule is CCOC1CCN(C2COc3ccccc3C2O)CC1. The lowest BCUT2D eigenvalue weighted by Gasteiger charge is -2.41. The maximum atomic E-state index is 10.6. The van der Waals surface area contributed by atoms with Crippen molar-refractivity contribution in [1.82, 2.24) is 4.90 Å². The van der Waals surface area contributed by atoms with Gasteiger partial charge in [-0.25, -0.2) is 0 Å². The maximum Gasteiger partial charge on any atom is 0.125 e. The highest BCUT2D eigenvalue weighted by Crippen LogP contribution is 2.34. The first-order chi connectivity index (χ1) is 9.79. The largest absolute Gasteiger partial charge is 0.491 e. The lowest BCUT2D eigenvalue weighted by molar-refractivity contribution is -0.0399. The third kappa shape index (κ3) is 2.68. The topological polar surface area (TPSA) is 41.9 Å². The monoisotopic (exact) mass is 277 g/mol. The molecule has 2 heterocycles. The average Bonchev–Trinajstić information content (AvgIpc) is 2.49. The molecule has 4 heteroatoms. The molecule has 4 nitrogen and oxygen atoms in total. The van der Waals surface area contributed by atoms with Gasteiger partial charge in [0.25, 0.3) is 0 Å². The highest BCUT2D eigenvalue weighted by Gasteiger charge is 2.35. The second kappa shape index (κ2) is 6.12. The Hall–Kier alpha value is -1.10. The molecule has 2 aliphatic rings. The summed E-state index contributed by atoms with van der Waals surface area (Å²) >= 11 is 0. The molecule has 0 bridgehead atoms. The summed E-state index contributed by atoms with van der Waals surface area (Å²) in [6.45, 7) is 5.34. The summed E-state index contributed by atoms with van der Waals surface area (Å²) in [6, 6.07) is 7.84. The number of nitrogens with zero attached hydrogens (tertiary/aromatic N) is 1. The lowest BCUT2D eigenvalue weighted by atomic mass is 9.95. The molecular weight excluding hydrogens is 254 g/mol. The van der Waals surface area contributed by atoms with Crippen molar-refractivity contribution in [2.45, 2.75) is 38.0 Å². The van der Waals surface area contributed by atoms with Crippen molar-refractivity contribution in [2.75, 3.05) is 26.3 Å². The molecule has 0 amide bonds. The Morgan fingerprint density at radius 3 is 2.80 bits per heavy atom. The number of piperidine rings is 1. The molecule has 2 aliphatic heterocycles. The number of fused-ring (bicyclic) bond motifs is 1. The minimum Gasteiger partial charge on any atom is -0.491 e. The molecule has 1 aromatic rings. The van der Waals surface area contributed by atoms with Crippen LogP contribution in [0.2, 0.25) is 0 Å². The van der Waals surface area contributed by atoms with Gasteiger partial charge in [-0.1, -0.05) is 18.2 Å². The van der Waals surface area contributed by atoms with E-state index in [9.17, 15) is 5.11 Å². The number of rotatable bonds is 3.